The molecule has 1 atom stereocenters. The van der Waals surface area contributed by atoms with E-state index in [1.165, 1.54) is 21.0 Å². The summed E-state index contributed by atoms with van der Waals surface area (Å²) in [6.45, 7) is 12.6. The number of hydrogen-bond acceptors (Lipinski definition) is 3. The Morgan fingerprint density at radius 1 is 1.32 bits per heavy atom. The Balaban J connectivity index is 2.07. The van der Waals surface area contributed by atoms with Gasteiger partial charge in [-0.1, -0.05) is 0 Å². The molecule has 0 aromatic carbocycles. The fourth-order valence-electron chi connectivity index (χ4n) is 2.58. The molecule has 2 aromatic heterocycles. The van der Waals surface area contributed by atoms with Gasteiger partial charge in [0.1, 0.15) is 0 Å². The SMILES string of the molecule is CCn1nc(C)c(C(C)NCc2ccc(C)s2)c1C. The van der Waals surface area contributed by atoms with E-state index in [-0.39, 0.29) is 0 Å². The molecule has 2 aromatic rings. The van der Waals surface area contributed by atoms with Crippen LogP contribution in [0.2, 0.25) is 0 Å². The second kappa shape index (κ2) is 5.88. The molecule has 2 heterocycles. The zero-order valence-corrected chi connectivity index (χ0v) is 13.3. The zero-order chi connectivity index (χ0) is 14.0. The van der Waals surface area contributed by atoms with Crippen LogP contribution < -0.4 is 5.32 Å². The first-order valence-electron chi connectivity index (χ1n) is 6.85. The maximum atomic E-state index is 4.59. The molecule has 0 radical (unpaired) electrons. The molecule has 2 rings (SSSR count). The first-order chi connectivity index (χ1) is 9.02. The highest BCUT2D eigenvalue weighted by Crippen LogP contribution is 2.22. The minimum Gasteiger partial charge on any atom is -0.305 e. The van der Waals surface area contributed by atoms with Gasteiger partial charge in [0, 0.05) is 40.1 Å². The largest absolute Gasteiger partial charge is 0.305 e. The van der Waals surface area contributed by atoms with E-state index < -0.39 is 0 Å². The van der Waals surface area contributed by atoms with Gasteiger partial charge >= 0.3 is 0 Å². The smallest absolute Gasteiger partial charge is 0.0644 e. The van der Waals surface area contributed by atoms with E-state index in [4.69, 9.17) is 0 Å². The van der Waals surface area contributed by atoms with Crippen LogP contribution in [0.15, 0.2) is 12.1 Å². The fraction of sp³-hybridized carbons (Fsp3) is 0.533. The van der Waals surface area contributed by atoms with Crippen LogP contribution in [0.5, 0.6) is 0 Å². The molecule has 0 amide bonds. The van der Waals surface area contributed by atoms with Gasteiger partial charge in [-0.25, -0.2) is 0 Å². The van der Waals surface area contributed by atoms with Gasteiger partial charge in [0.25, 0.3) is 0 Å². The lowest BCUT2D eigenvalue weighted by Gasteiger charge is -2.14. The summed E-state index contributed by atoms with van der Waals surface area (Å²) in [7, 11) is 0. The van der Waals surface area contributed by atoms with Crippen molar-refractivity contribution in [3.05, 3.63) is 38.8 Å². The summed E-state index contributed by atoms with van der Waals surface area (Å²) in [6, 6.07) is 4.72. The van der Waals surface area contributed by atoms with E-state index in [9.17, 15) is 0 Å². The number of rotatable bonds is 5. The van der Waals surface area contributed by atoms with Crippen molar-refractivity contribution in [3.63, 3.8) is 0 Å². The third kappa shape index (κ3) is 3.07. The predicted molar refractivity (Wildman–Crippen MR) is 81.7 cm³/mol. The van der Waals surface area contributed by atoms with Gasteiger partial charge in [0.15, 0.2) is 0 Å². The maximum Gasteiger partial charge on any atom is 0.0644 e. The minimum atomic E-state index is 0.336. The molecule has 0 aliphatic heterocycles. The molecule has 0 saturated heterocycles. The van der Waals surface area contributed by atoms with Crippen LogP contribution in [0.3, 0.4) is 0 Å². The third-order valence-electron chi connectivity index (χ3n) is 3.55. The van der Waals surface area contributed by atoms with Crippen LogP contribution in [0.4, 0.5) is 0 Å². The normalized spacial score (nSPS) is 12.9. The summed E-state index contributed by atoms with van der Waals surface area (Å²) in [5, 5.41) is 8.19. The highest BCUT2D eigenvalue weighted by atomic mass is 32.1. The number of thiophene rings is 1. The van der Waals surface area contributed by atoms with E-state index in [1.54, 1.807) is 0 Å². The quantitative estimate of drug-likeness (QED) is 0.902. The summed E-state index contributed by atoms with van der Waals surface area (Å²) in [4.78, 5) is 2.76. The van der Waals surface area contributed by atoms with Crippen molar-refractivity contribution in [3.8, 4) is 0 Å². The second-order valence-electron chi connectivity index (χ2n) is 5.02. The number of nitrogens with zero attached hydrogens (tertiary/aromatic N) is 2. The van der Waals surface area contributed by atoms with Crippen molar-refractivity contribution in [1.82, 2.24) is 15.1 Å². The van der Waals surface area contributed by atoms with Crippen molar-refractivity contribution in [1.29, 1.82) is 0 Å². The first kappa shape index (κ1) is 14.3. The highest BCUT2D eigenvalue weighted by Gasteiger charge is 2.16. The van der Waals surface area contributed by atoms with Gasteiger partial charge in [0.05, 0.1) is 5.69 Å². The monoisotopic (exact) mass is 277 g/mol. The molecule has 0 bridgehead atoms. The van der Waals surface area contributed by atoms with E-state index in [0.29, 0.717) is 6.04 Å². The predicted octanol–water partition coefficient (Wildman–Crippen LogP) is 3.74. The molecule has 0 aliphatic rings. The van der Waals surface area contributed by atoms with E-state index in [2.05, 4.69) is 61.8 Å². The minimum absolute atomic E-state index is 0.336. The standard InChI is InChI=1S/C15H23N3S/c1-6-18-13(5)15(12(4)17-18)11(3)16-9-14-8-7-10(2)19-14/h7-8,11,16H,6,9H2,1-5H3. The molecule has 0 aliphatic carbocycles. The highest BCUT2D eigenvalue weighted by molar-refractivity contribution is 7.11. The summed E-state index contributed by atoms with van der Waals surface area (Å²) in [6.07, 6.45) is 0. The third-order valence-corrected chi connectivity index (χ3v) is 4.55. The lowest BCUT2D eigenvalue weighted by atomic mass is 10.1. The van der Waals surface area contributed by atoms with Gasteiger partial charge in [-0.15, -0.1) is 11.3 Å². The number of aryl methyl sites for hydroxylation is 3. The average Bonchev–Trinajstić information content (AvgIpc) is 2.90. The van der Waals surface area contributed by atoms with Crippen LogP contribution in [0, 0.1) is 20.8 Å². The Morgan fingerprint density at radius 3 is 2.58 bits per heavy atom. The molecule has 0 spiro atoms. The Kier molecular flexibility index (Phi) is 4.42. The molecule has 1 N–H and O–H groups in total. The molecular weight excluding hydrogens is 254 g/mol. The van der Waals surface area contributed by atoms with Crippen LogP contribution in [-0.2, 0) is 13.1 Å². The van der Waals surface area contributed by atoms with E-state index >= 15 is 0 Å². The molecule has 104 valence electrons. The number of hydrogen-bond donors (Lipinski definition) is 1. The van der Waals surface area contributed by atoms with Crippen LogP contribution >= 0.6 is 11.3 Å². The Labute approximate surface area is 119 Å². The summed E-state index contributed by atoms with van der Waals surface area (Å²) < 4.78 is 2.08. The molecule has 19 heavy (non-hydrogen) atoms. The number of aromatic nitrogens is 2. The molecule has 0 saturated carbocycles. The molecule has 0 fully saturated rings. The Hall–Kier alpha value is -1.13. The van der Waals surface area contributed by atoms with Gasteiger partial charge < -0.3 is 5.32 Å². The number of nitrogens with one attached hydrogen (secondary N) is 1. The maximum absolute atomic E-state index is 4.59. The summed E-state index contributed by atoms with van der Waals surface area (Å²) in [5.41, 5.74) is 3.76. The van der Waals surface area contributed by atoms with Crippen molar-refractivity contribution in [2.45, 2.75) is 53.8 Å². The van der Waals surface area contributed by atoms with Crippen LogP contribution in [0.25, 0.3) is 0 Å². The average molecular weight is 277 g/mol. The van der Waals surface area contributed by atoms with Gasteiger partial charge in [-0.05, 0) is 46.8 Å². The molecular formula is C15H23N3S. The topological polar surface area (TPSA) is 29.9 Å². The van der Waals surface area contributed by atoms with Crippen molar-refractivity contribution in [2.24, 2.45) is 0 Å². The van der Waals surface area contributed by atoms with Crippen molar-refractivity contribution in [2.75, 3.05) is 0 Å². The second-order valence-corrected chi connectivity index (χ2v) is 6.39. The molecule has 1 unspecified atom stereocenters. The zero-order valence-electron chi connectivity index (χ0n) is 12.4. The lowest BCUT2D eigenvalue weighted by molar-refractivity contribution is 0.570. The van der Waals surface area contributed by atoms with Gasteiger partial charge in [-0.2, -0.15) is 5.10 Å². The van der Waals surface area contributed by atoms with E-state index in [1.807, 2.05) is 11.3 Å². The fourth-order valence-corrected chi connectivity index (χ4v) is 3.42. The summed E-state index contributed by atoms with van der Waals surface area (Å²) >= 11 is 1.86. The van der Waals surface area contributed by atoms with Crippen LogP contribution in [-0.4, -0.2) is 9.78 Å². The van der Waals surface area contributed by atoms with E-state index in [0.717, 1.165) is 18.8 Å². The first-order valence-corrected chi connectivity index (χ1v) is 7.67. The Bertz CT molecular complexity index is 554. The van der Waals surface area contributed by atoms with Crippen molar-refractivity contribution < 1.29 is 0 Å². The molecule has 4 heteroatoms. The van der Waals surface area contributed by atoms with Crippen molar-refractivity contribution >= 4 is 11.3 Å². The Morgan fingerprint density at radius 2 is 2.05 bits per heavy atom. The van der Waals surface area contributed by atoms with Gasteiger partial charge in [-0.3, -0.25) is 4.68 Å². The lowest BCUT2D eigenvalue weighted by Crippen LogP contribution is -2.18. The molecule has 3 nitrogen and oxygen atoms in total. The van der Waals surface area contributed by atoms with Crippen LogP contribution in [0.1, 0.15) is 46.6 Å². The van der Waals surface area contributed by atoms with Gasteiger partial charge in [0.2, 0.25) is 0 Å². The summed E-state index contributed by atoms with van der Waals surface area (Å²) in [5.74, 6) is 0.